The molecule has 0 aromatic heterocycles. The van der Waals surface area contributed by atoms with Crippen LogP contribution in [0.4, 0.5) is 10.5 Å². The summed E-state index contributed by atoms with van der Waals surface area (Å²) in [5.74, 6) is -0.0909. The van der Waals surface area contributed by atoms with Gasteiger partial charge in [0, 0.05) is 30.9 Å². The van der Waals surface area contributed by atoms with Crippen molar-refractivity contribution in [3.63, 3.8) is 0 Å². The van der Waals surface area contributed by atoms with Crippen molar-refractivity contribution in [1.82, 2.24) is 10.2 Å². The van der Waals surface area contributed by atoms with Gasteiger partial charge in [-0.1, -0.05) is 30.3 Å². The molecule has 0 bridgehead atoms. The van der Waals surface area contributed by atoms with Gasteiger partial charge in [-0.05, 0) is 49.1 Å². The molecule has 3 rings (SSSR count). The molecular formula is C20H23N3O2. The molecule has 5 nitrogen and oxygen atoms in total. The molecule has 1 fully saturated rings. The molecule has 1 saturated carbocycles. The van der Waals surface area contributed by atoms with Crippen molar-refractivity contribution < 1.29 is 9.59 Å². The van der Waals surface area contributed by atoms with Gasteiger partial charge in [0.15, 0.2) is 0 Å². The molecule has 1 aliphatic rings. The quantitative estimate of drug-likeness (QED) is 0.876. The molecule has 0 heterocycles. The van der Waals surface area contributed by atoms with Crippen molar-refractivity contribution in [2.24, 2.45) is 0 Å². The topological polar surface area (TPSA) is 61.4 Å². The van der Waals surface area contributed by atoms with Gasteiger partial charge >= 0.3 is 6.03 Å². The third-order valence-corrected chi connectivity index (χ3v) is 4.30. The maximum Gasteiger partial charge on any atom is 0.321 e. The number of carbonyl (C=O) groups is 2. The predicted molar refractivity (Wildman–Crippen MR) is 98.6 cm³/mol. The number of nitrogens with zero attached hydrogens (tertiary/aromatic N) is 1. The maximum absolute atomic E-state index is 12.4. The Morgan fingerprint density at radius 3 is 2.60 bits per heavy atom. The normalized spacial score (nSPS) is 13.2. The highest BCUT2D eigenvalue weighted by Gasteiger charge is 2.23. The highest BCUT2D eigenvalue weighted by Crippen LogP contribution is 2.20. The second kappa shape index (κ2) is 7.38. The van der Waals surface area contributed by atoms with Crippen molar-refractivity contribution in [3.8, 4) is 0 Å². The van der Waals surface area contributed by atoms with Crippen LogP contribution in [0.5, 0.6) is 0 Å². The third-order valence-electron chi connectivity index (χ3n) is 4.30. The van der Waals surface area contributed by atoms with Gasteiger partial charge in [0.25, 0.3) is 5.91 Å². The Labute approximate surface area is 148 Å². The number of benzene rings is 2. The van der Waals surface area contributed by atoms with Gasteiger partial charge in [0.05, 0.1) is 0 Å². The molecule has 130 valence electrons. The van der Waals surface area contributed by atoms with Gasteiger partial charge in [-0.15, -0.1) is 0 Å². The molecule has 0 unspecified atom stereocenters. The SMILES string of the molecule is Cc1ccccc1CN(C)C(=O)Nc1cccc(C(=O)NC2CC2)c1. The number of hydrogen-bond acceptors (Lipinski definition) is 2. The summed E-state index contributed by atoms with van der Waals surface area (Å²) in [6.07, 6.45) is 2.09. The average Bonchev–Trinajstić information content (AvgIpc) is 3.41. The third kappa shape index (κ3) is 4.59. The van der Waals surface area contributed by atoms with Crippen molar-refractivity contribution in [1.29, 1.82) is 0 Å². The van der Waals surface area contributed by atoms with Crippen molar-refractivity contribution in [2.45, 2.75) is 32.4 Å². The van der Waals surface area contributed by atoms with Crippen LogP contribution in [-0.4, -0.2) is 29.9 Å². The van der Waals surface area contributed by atoms with Crippen LogP contribution in [0, 0.1) is 6.92 Å². The Kier molecular flexibility index (Phi) is 5.03. The van der Waals surface area contributed by atoms with Gasteiger partial charge in [-0.2, -0.15) is 0 Å². The number of urea groups is 1. The van der Waals surface area contributed by atoms with E-state index in [4.69, 9.17) is 0 Å². The number of carbonyl (C=O) groups excluding carboxylic acids is 2. The average molecular weight is 337 g/mol. The summed E-state index contributed by atoms with van der Waals surface area (Å²) in [6.45, 7) is 2.56. The first-order valence-corrected chi connectivity index (χ1v) is 8.50. The fourth-order valence-corrected chi connectivity index (χ4v) is 2.57. The van der Waals surface area contributed by atoms with E-state index < -0.39 is 0 Å². The molecule has 0 saturated heterocycles. The van der Waals surface area contributed by atoms with Gasteiger partial charge < -0.3 is 15.5 Å². The molecule has 5 heteroatoms. The van der Waals surface area contributed by atoms with E-state index in [1.54, 1.807) is 36.2 Å². The van der Waals surface area contributed by atoms with E-state index in [2.05, 4.69) is 10.6 Å². The van der Waals surface area contributed by atoms with Crippen LogP contribution in [-0.2, 0) is 6.54 Å². The van der Waals surface area contributed by atoms with Crippen LogP contribution >= 0.6 is 0 Å². The van der Waals surface area contributed by atoms with E-state index in [1.165, 1.54) is 0 Å². The van der Waals surface area contributed by atoms with Gasteiger partial charge in [-0.25, -0.2) is 4.79 Å². The van der Waals surface area contributed by atoms with E-state index in [9.17, 15) is 9.59 Å². The van der Waals surface area contributed by atoms with E-state index in [-0.39, 0.29) is 11.9 Å². The minimum absolute atomic E-state index is 0.0909. The van der Waals surface area contributed by atoms with Crippen LogP contribution < -0.4 is 10.6 Å². The first kappa shape index (κ1) is 17.0. The highest BCUT2D eigenvalue weighted by atomic mass is 16.2. The molecule has 2 N–H and O–H groups in total. The zero-order valence-corrected chi connectivity index (χ0v) is 14.6. The van der Waals surface area contributed by atoms with Crippen LogP contribution in [0.2, 0.25) is 0 Å². The van der Waals surface area contributed by atoms with Crippen LogP contribution in [0.1, 0.15) is 34.3 Å². The molecular weight excluding hydrogens is 314 g/mol. The molecule has 2 aromatic rings. The summed E-state index contributed by atoms with van der Waals surface area (Å²) >= 11 is 0. The summed E-state index contributed by atoms with van der Waals surface area (Å²) in [6, 6.07) is 15.1. The zero-order valence-electron chi connectivity index (χ0n) is 14.6. The number of amides is 3. The lowest BCUT2D eigenvalue weighted by Gasteiger charge is -2.19. The van der Waals surface area contributed by atoms with E-state index in [0.717, 1.165) is 24.0 Å². The van der Waals surface area contributed by atoms with Crippen molar-refractivity contribution >= 4 is 17.6 Å². The summed E-state index contributed by atoms with van der Waals surface area (Å²) in [4.78, 5) is 26.1. The number of aryl methyl sites for hydroxylation is 1. The fraction of sp³-hybridized carbons (Fsp3) is 0.300. The van der Waals surface area contributed by atoms with Crippen molar-refractivity contribution in [2.75, 3.05) is 12.4 Å². The highest BCUT2D eigenvalue weighted by molar-refractivity contribution is 5.97. The Balaban J connectivity index is 1.62. The maximum atomic E-state index is 12.4. The summed E-state index contributed by atoms with van der Waals surface area (Å²) in [5, 5.41) is 5.80. The molecule has 0 radical (unpaired) electrons. The molecule has 0 atom stereocenters. The summed E-state index contributed by atoms with van der Waals surface area (Å²) in [5.41, 5.74) is 3.44. The molecule has 0 spiro atoms. The first-order valence-electron chi connectivity index (χ1n) is 8.50. The fourth-order valence-electron chi connectivity index (χ4n) is 2.57. The minimum Gasteiger partial charge on any atom is -0.349 e. The summed E-state index contributed by atoms with van der Waals surface area (Å²) < 4.78 is 0. The van der Waals surface area contributed by atoms with Crippen molar-refractivity contribution in [3.05, 3.63) is 65.2 Å². The molecule has 2 aromatic carbocycles. The Morgan fingerprint density at radius 1 is 1.12 bits per heavy atom. The molecule has 3 amide bonds. The van der Waals surface area contributed by atoms with E-state index in [0.29, 0.717) is 23.8 Å². The van der Waals surface area contributed by atoms with E-state index in [1.807, 2.05) is 31.2 Å². The first-order chi connectivity index (χ1) is 12.0. The number of anilines is 1. The second-order valence-corrected chi connectivity index (χ2v) is 6.54. The lowest BCUT2D eigenvalue weighted by Crippen LogP contribution is -2.31. The van der Waals surface area contributed by atoms with Gasteiger partial charge in [-0.3, -0.25) is 4.79 Å². The second-order valence-electron chi connectivity index (χ2n) is 6.54. The minimum atomic E-state index is -0.206. The predicted octanol–water partition coefficient (Wildman–Crippen LogP) is 3.55. The standard InChI is InChI=1S/C20H23N3O2/c1-14-6-3-4-7-16(14)13-23(2)20(25)22-18-9-5-8-15(12-18)19(24)21-17-10-11-17/h3-9,12,17H,10-11,13H2,1-2H3,(H,21,24)(H,22,25). The van der Waals surface area contributed by atoms with Crippen LogP contribution in [0.3, 0.4) is 0 Å². The number of nitrogens with one attached hydrogen (secondary N) is 2. The lowest BCUT2D eigenvalue weighted by atomic mass is 10.1. The monoisotopic (exact) mass is 337 g/mol. The Bertz CT molecular complexity index is 784. The number of hydrogen-bond donors (Lipinski definition) is 2. The molecule has 25 heavy (non-hydrogen) atoms. The van der Waals surface area contributed by atoms with Crippen LogP contribution in [0.25, 0.3) is 0 Å². The molecule has 1 aliphatic carbocycles. The molecule has 0 aliphatic heterocycles. The van der Waals surface area contributed by atoms with Crippen LogP contribution in [0.15, 0.2) is 48.5 Å². The Morgan fingerprint density at radius 2 is 1.88 bits per heavy atom. The van der Waals surface area contributed by atoms with Gasteiger partial charge in [0.1, 0.15) is 0 Å². The lowest BCUT2D eigenvalue weighted by molar-refractivity contribution is 0.0951. The zero-order chi connectivity index (χ0) is 17.8. The number of rotatable bonds is 5. The Hall–Kier alpha value is -2.82. The summed E-state index contributed by atoms with van der Waals surface area (Å²) in [7, 11) is 1.76. The largest absolute Gasteiger partial charge is 0.349 e. The smallest absolute Gasteiger partial charge is 0.321 e. The van der Waals surface area contributed by atoms with E-state index >= 15 is 0 Å². The van der Waals surface area contributed by atoms with Gasteiger partial charge in [0.2, 0.25) is 0 Å².